The largest absolute Gasteiger partial charge is 0.469 e. The SMILES string of the molecule is CC(C)(C)[Si](C)(C)O[C@@H]1CO[C@H]2[C@@H]1OC[C@H]2Oc1c(C#N)c2nc(Cl)c(Cl)cc2n1COCC[Si](C)(C)C.C[Si](C)(C)CCOCn1c(Cl)c(C#N)c2nc(Cl)c(Cl)cc21.C[Si](C)(C)CCOCn1c(Cl)cc2nc(Cl)c(Cl)cc21. The highest BCUT2D eigenvalue weighted by molar-refractivity contribution is 6.77. The summed E-state index contributed by atoms with van der Waals surface area (Å²) >= 11 is 48.9. The van der Waals surface area contributed by atoms with E-state index in [9.17, 15) is 10.5 Å². The fraction of sp³-hybridized carbons (Fsp3) is 0.566. The molecule has 4 atom stereocenters. The summed E-state index contributed by atoms with van der Waals surface area (Å²) < 4.78 is 48.3. The van der Waals surface area contributed by atoms with Crippen LogP contribution in [0, 0.1) is 22.7 Å². The number of halogens is 8. The summed E-state index contributed by atoms with van der Waals surface area (Å²) in [6.07, 6.45) is -1.11. The molecule has 8 heterocycles. The van der Waals surface area contributed by atoms with Gasteiger partial charge in [-0.2, -0.15) is 10.5 Å². The van der Waals surface area contributed by atoms with Crippen LogP contribution in [0.3, 0.4) is 0 Å². The number of aromatic nitrogens is 6. The van der Waals surface area contributed by atoms with Crippen molar-refractivity contribution in [1.29, 1.82) is 10.5 Å². The fourth-order valence-electron chi connectivity index (χ4n) is 8.12. The Balaban J connectivity index is 0.000000209. The van der Waals surface area contributed by atoms with Crippen LogP contribution in [0.15, 0.2) is 24.3 Å². The molecule has 80 heavy (non-hydrogen) atoms. The normalized spacial score (nSPS) is 17.8. The van der Waals surface area contributed by atoms with Crippen LogP contribution in [-0.2, 0) is 48.3 Å². The van der Waals surface area contributed by atoms with Crippen LogP contribution in [0.5, 0.6) is 5.88 Å². The van der Waals surface area contributed by atoms with E-state index < -0.39 is 38.6 Å². The number of pyridine rings is 3. The minimum Gasteiger partial charge on any atom is -0.469 e. The van der Waals surface area contributed by atoms with Crippen LogP contribution in [0.2, 0.25) is 136 Å². The van der Waals surface area contributed by atoms with Crippen molar-refractivity contribution in [2.75, 3.05) is 33.0 Å². The van der Waals surface area contributed by atoms with Crippen LogP contribution in [0.1, 0.15) is 31.9 Å². The Morgan fingerprint density at radius 1 is 0.562 bits per heavy atom. The summed E-state index contributed by atoms with van der Waals surface area (Å²) in [5, 5.41) is 21.9. The lowest BCUT2D eigenvalue weighted by atomic mass is 10.1. The van der Waals surface area contributed by atoms with Gasteiger partial charge in [0.2, 0.25) is 5.88 Å². The van der Waals surface area contributed by atoms with Crippen LogP contribution >= 0.6 is 92.8 Å². The van der Waals surface area contributed by atoms with Gasteiger partial charge >= 0.3 is 0 Å². The molecule has 2 aliphatic heterocycles. The molecule has 0 aliphatic carbocycles. The molecule has 0 bridgehead atoms. The van der Waals surface area contributed by atoms with Crippen LogP contribution in [0.4, 0.5) is 0 Å². The molecular weight excluding hydrogens is 1260 g/mol. The Bertz CT molecular complexity index is 3250. The molecule has 0 spiro atoms. The maximum Gasteiger partial charge on any atom is 0.217 e. The van der Waals surface area contributed by atoms with Crippen molar-refractivity contribution in [2.45, 2.75) is 161 Å². The fourth-order valence-corrected chi connectivity index (χ4v) is 13.1. The monoisotopic (exact) mass is 1320 g/mol. The van der Waals surface area contributed by atoms with E-state index in [4.69, 9.17) is 126 Å². The lowest BCUT2D eigenvalue weighted by Gasteiger charge is -2.39. The first kappa shape index (κ1) is 66.9. The number of hydrogen-bond acceptors (Lipinski definition) is 12. The average molecular weight is 1330 g/mol. The predicted octanol–water partition coefficient (Wildman–Crippen LogP) is 17.0. The molecule has 438 valence electrons. The van der Waals surface area contributed by atoms with Crippen molar-refractivity contribution in [3.8, 4) is 18.0 Å². The van der Waals surface area contributed by atoms with Crippen LogP contribution < -0.4 is 4.74 Å². The molecule has 2 saturated heterocycles. The number of hydrogen-bond donors (Lipinski definition) is 0. The Morgan fingerprint density at radius 2 is 0.975 bits per heavy atom. The highest BCUT2D eigenvalue weighted by Gasteiger charge is 2.53. The van der Waals surface area contributed by atoms with Crippen molar-refractivity contribution in [2.24, 2.45) is 0 Å². The zero-order chi connectivity index (χ0) is 59.4. The third kappa shape index (κ3) is 17.0. The highest BCUT2D eigenvalue weighted by Crippen LogP contribution is 2.42. The van der Waals surface area contributed by atoms with E-state index in [1.165, 1.54) is 0 Å². The Morgan fingerprint density at radius 3 is 1.45 bits per heavy atom. The third-order valence-corrected chi connectivity index (χ3v) is 26.2. The van der Waals surface area contributed by atoms with E-state index in [1.54, 1.807) is 33.4 Å². The summed E-state index contributed by atoms with van der Waals surface area (Å²) in [4.78, 5) is 12.8. The van der Waals surface area contributed by atoms with E-state index in [-0.39, 0.29) is 68.6 Å². The molecule has 6 aromatic heterocycles. The quantitative estimate of drug-likeness (QED) is 0.0429. The van der Waals surface area contributed by atoms with Gasteiger partial charge in [-0.3, -0.25) is 4.57 Å². The zero-order valence-electron chi connectivity index (χ0n) is 47.9. The van der Waals surface area contributed by atoms with Crippen molar-refractivity contribution >= 4 is 158 Å². The van der Waals surface area contributed by atoms with Gasteiger partial charge in [-0.05, 0) is 54.5 Å². The number of nitriles is 2. The minimum absolute atomic E-state index is 0.0766. The van der Waals surface area contributed by atoms with Gasteiger partial charge in [0.25, 0.3) is 0 Å². The molecule has 8 rings (SSSR count). The molecular formula is C53H72Cl8N8O7Si4. The van der Waals surface area contributed by atoms with Gasteiger partial charge in [0.05, 0.1) is 56.5 Å². The first-order valence-corrected chi connectivity index (χ1v) is 43.2. The third-order valence-electron chi connectivity index (χ3n) is 13.9. The number of fused-ring (bicyclic) bond motifs is 4. The summed E-state index contributed by atoms with van der Waals surface area (Å²) in [5.41, 5.74) is 4.25. The molecule has 0 radical (unpaired) electrons. The minimum atomic E-state index is -2.01. The van der Waals surface area contributed by atoms with E-state index in [1.807, 2.05) is 4.57 Å². The molecule has 0 aromatic carbocycles. The standard InChI is InChI=1S/C26H39Cl2N3O5Si2.C14H16Cl3N3OSi.C13H17Cl3N2OSi/c1-26(2,3)38(7,8)36-20-14-34-22-19(13-33-23(20)22)35-25-16(12-29)21-18(11-17(27)24(28)30-21)31(25)15-32-9-10-37(4,5)6;1-22(2,3)5-4-21-8-20-11-6-10(15)13(16)19-12(11)9(7-18)14(20)17;1-20(2,3)5-4-19-8-18-11-6-9(14)13(16)17-10(11)7-12(18)15/h11,19-20,22-23H,9-10,13-15H2,1-8H3;6H,4-5,8H2,1-3H3;6-7H,4-5,8H2,1-3H3/t19-,20-,22-,23-;;/m1../s1. The Kier molecular flexibility index (Phi) is 23.0. The second-order valence-corrected chi connectivity index (χ2v) is 49.6. The number of ether oxygens (including phenoxy) is 6. The highest BCUT2D eigenvalue weighted by atomic mass is 35.5. The molecule has 2 aliphatic rings. The average Bonchev–Trinajstić information content (AvgIpc) is 4.36. The molecule has 0 amide bonds. The smallest absolute Gasteiger partial charge is 0.217 e. The van der Waals surface area contributed by atoms with E-state index in [0.717, 1.165) is 35.8 Å². The van der Waals surface area contributed by atoms with Gasteiger partial charge < -0.3 is 42.0 Å². The number of rotatable bonds is 19. The van der Waals surface area contributed by atoms with E-state index >= 15 is 0 Å². The topological polar surface area (TPSA) is 166 Å². The van der Waals surface area contributed by atoms with Crippen molar-refractivity contribution < 1.29 is 32.8 Å². The maximum absolute atomic E-state index is 10.1. The number of nitrogens with zero attached hydrogens (tertiary/aromatic N) is 8. The Labute approximate surface area is 514 Å². The summed E-state index contributed by atoms with van der Waals surface area (Å²) in [6.45, 7) is 35.4. The van der Waals surface area contributed by atoms with E-state index in [2.05, 4.69) is 120 Å². The van der Waals surface area contributed by atoms with Crippen LogP contribution in [0.25, 0.3) is 33.1 Å². The van der Waals surface area contributed by atoms with Crippen molar-refractivity contribution in [3.05, 3.63) is 76.2 Å². The summed E-state index contributed by atoms with van der Waals surface area (Å²) in [7, 11) is -5.51. The van der Waals surface area contributed by atoms with Crippen LogP contribution in [-0.4, -0.2) is 119 Å². The molecule has 0 saturated carbocycles. The van der Waals surface area contributed by atoms with Gasteiger partial charge in [0, 0.05) is 50.1 Å². The molecule has 0 unspecified atom stereocenters. The molecule has 27 heteroatoms. The predicted molar refractivity (Wildman–Crippen MR) is 337 cm³/mol. The van der Waals surface area contributed by atoms with Gasteiger partial charge in [0.15, 0.2) is 14.4 Å². The molecule has 2 fully saturated rings. The molecule has 15 nitrogen and oxygen atoms in total. The van der Waals surface area contributed by atoms with Gasteiger partial charge in [-0.15, -0.1) is 0 Å². The maximum atomic E-state index is 10.1. The lowest BCUT2D eigenvalue weighted by molar-refractivity contribution is 0.00849. The van der Waals surface area contributed by atoms with E-state index in [0.29, 0.717) is 81.3 Å². The van der Waals surface area contributed by atoms with Gasteiger partial charge in [-0.25, -0.2) is 15.0 Å². The second-order valence-electron chi connectivity index (χ2n) is 25.0. The van der Waals surface area contributed by atoms with Gasteiger partial charge in [-0.1, -0.05) is 173 Å². The summed E-state index contributed by atoms with van der Waals surface area (Å²) in [5.74, 6) is 0.355. The van der Waals surface area contributed by atoms with Gasteiger partial charge in [0.1, 0.15) is 92.5 Å². The second kappa shape index (κ2) is 27.4. The van der Waals surface area contributed by atoms with Crippen molar-refractivity contribution in [3.63, 3.8) is 0 Å². The zero-order valence-corrected chi connectivity index (χ0v) is 57.9. The Hall–Kier alpha value is -2.20. The molecule has 0 N–H and O–H groups in total. The van der Waals surface area contributed by atoms with Crippen molar-refractivity contribution in [1.82, 2.24) is 28.7 Å². The lowest BCUT2D eigenvalue weighted by Crippen LogP contribution is -2.47. The first-order chi connectivity index (χ1) is 37.1. The summed E-state index contributed by atoms with van der Waals surface area (Å²) in [6, 6.07) is 14.4. The molecule has 6 aromatic rings. The first-order valence-electron chi connectivity index (χ1n) is 26.2.